The molecule has 0 bridgehead atoms. The lowest BCUT2D eigenvalue weighted by molar-refractivity contribution is 0.360. The molecule has 6 heteroatoms. The molecule has 0 unspecified atom stereocenters. The number of aryl methyl sites for hydroxylation is 2. The van der Waals surface area contributed by atoms with Crippen molar-refractivity contribution in [3.8, 4) is 0 Å². The first kappa shape index (κ1) is 22.2. The highest BCUT2D eigenvalue weighted by molar-refractivity contribution is 14.0. The van der Waals surface area contributed by atoms with Gasteiger partial charge >= 0.3 is 0 Å². The molecule has 23 heavy (non-hydrogen) atoms. The maximum absolute atomic E-state index is 5.55. The van der Waals surface area contributed by atoms with Crippen LogP contribution in [0.15, 0.2) is 9.41 Å². The van der Waals surface area contributed by atoms with Gasteiger partial charge in [0.05, 0.1) is 5.69 Å². The van der Waals surface area contributed by atoms with E-state index in [-0.39, 0.29) is 24.0 Å². The van der Waals surface area contributed by atoms with E-state index in [1.807, 2.05) is 13.8 Å². The van der Waals surface area contributed by atoms with Crippen molar-refractivity contribution in [1.29, 1.82) is 0 Å². The fraction of sp³-hybridized carbons (Fsp3) is 0.765. The second kappa shape index (κ2) is 10.9. The standard InChI is InChI=1S/C17H32N4O.HI/c1-7-18-16(19-11-9-8-10-17(4,5)6)20-12-15-21-13(2)14(3)22-15;/h7-12H2,1-6H3,(H2,18,19,20);1H. The maximum atomic E-state index is 5.55. The summed E-state index contributed by atoms with van der Waals surface area (Å²) in [7, 11) is 0. The number of hydrogen-bond acceptors (Lipinski definition) is 3. The van der Waals surface area contributed by atoms with Crippen molar-refractivity contribution in [2.24, 2.45) is 10.4 Å². The second-order valence-corrected chi connectivity index (χ2v) is 6.89. The number of rotatable bonds is 7. The number of hydrogen-bond donors (Lipinski definition) is 2. The highest BCUT2D eigenvalue weighted by Gasteiger charge is 2.09. The van der Waals surface area contributed by atoms with Crippen molar-refractivity contribution in [1.82, 2.24) is 15.6 Å². The lowest BCUT2D eigenvalue weighted by atomic mass is 9.90. The number of aliphatic imine (C=N–C) groups is 1. The molecule has 0 radical (unpaired) electrons. The van der Waals surface area contributed by atoms with E-state index in [2.05, 4.69) is 48.3 Å². The first-order valence-corrected chi connectivity index (χ1v) is 8.27. The molecule has 0 aromatic carbocycles. The lowest BCUT2D eigenvalue weighted by Gasteiger charge is -2.18. The van der Waals surface area contributed by atoms with Crippen LogP contribution in [0.2, 0.25) is 0 Å². The Bertz CT molecular complexity index is 458. The molecule has 2 N–H and O–H groups in total. The lowest BCUT2D eigenvalue weighted by Crippen LogP contribution is -2.37. The molecule has 0 amide bonds. The summed E-state index contributed by atoms with van der Waals surface area (Å²) in [5.41, 5.74) is 1.35. The second-order valence-electron chi connectivity index (χ2n) is 6.89. The number of halogens is 1. The molecule has 0 saturated heterocycles. The van der Waals surface area contributed by atoms with Crippen molar-refractivity contribution in [2.75, 3.05) is 13.1 Å². The zero-order valence-corrected chi connectivity index (χ0v) is 17.8. The number of nitrogens with zero attached hydrogens (tertiary/aromatic N) is 2. The van der Waals surface area contributed by atoms with Gasteiger partial charge in [-0.25, -0.2) is 9.98 Å². The third-order valence-electron chi connectivity index (χ3n) is 3.44. The molecule has 1 aromatic rings. The molecule has 0 atom stereocenters. The molecule has 1 heterocycles. The van der Waals surface area contributed by atoms with E-state index < -0.39 is 0 Å². The predicted molar refractivity (Wildman–Crippen MR) is 108 cm³/mol. The molecule has 0 aliphatic heterocycles. The highest BCUT2D eigenvalue weighted by atomic mass is 127. The quantitative estimate of drug-likeness (QED) is 0.291. The zero-order valence-electron chi connectivity index (χ0n) is 15.5. The summed E-state index contributed by atoms with van der Waals surface area (Å²) >= 11 is 0. The minimum Gasteiger partial charge on any atom is -0.444 e. The Morgan fingerprint density at radius 2 is 1.87 bits per heavy atom. The summed E-state index contributed by atoms with van der Waals surface area (Å²) in [6, 6.07) is 0. The Morgan fingerprint density at radius 1 is 1.17 bits per heavy atom. The van der Waals surface area contributed by atoms with Crippen LogP contribution in [-0.2, 0) is 6.54 Å². The summed E-state index contributed by atoms with van der Waals surface area (Å²) in [5, 5.41) is 6.62. The third-order valence-corrected chi connectivity index (χ3v) is 3.44. The fourth-order valence-electron chi connectivity index (χ4n) is 2.08. The Labute approximate surface area is 158 Å². The van der Waals surface area contributed by atoms with E-state index in [9.17, 15) is 0 Å². The third kappa shape index (κ3) is 9.84. The van der Waals surface area contributed by atoms with Gasteiger partial charge in [0.1, 0.15) is 12.3 Å². The Kier molecular flexibility index (Phi) is 10.5. The molecule has 0 aliphatic carbocycles. The molecule has 0 spiro atoms. The van der Waals surface area contributed by atoms with E-state index in [1.54, 1.807) is 0 Å². The SMILES string of the molecule is CCNC(=NCc1nc(C)c(C)o1)NCCCCC(C)(C)C.I. The highest BCUT2D eigenvalue weighted by Crippen LogP contribution is 2.21. The molecule has 1 rings (SSSR count). The minimum absolute atomic E-state index is 0. The van der Waals surface area contributed by atoms with Crippen LogP contribution in [0.3, 0.4) is 0 Å². The van der Waals surface area contributed by atoms with Gasteiger partial charge in [-0.1, -0.05) is 27.2 Å². The van der Waals surface area contributed by atoms with Crippen LogP contribution in [0.1, 0.15) is 64.3 Å². The molecule has 0 saturated carbocycles. The van der Waals surface area contributed by atoms with Crippen LogP contribution in [0.5, 0.6) is 0 Å². The van der Waals surface area contributed by atoms with Crippen molar-refractivity contribution in [3.05, 3.63) is 17.3 Å². The van der Waals surface area contributed by atoms with Crippen LogP contribution in [0.25, 0.3) is 0 Å². The van der Waals surface area contributed by atoms with Gasteiger partial charge < -0.3 is 15.1 Å². The molecule has 0 aliphatic rings. The van der Waals surface area contributed by atoms with Gasteiger partial charge in [0.15, 0.2) is 5.96 Å². The molecule has 134 valence electrons. The summed E-state index contributed by atoms with van der Waals surface area (Å²) in [6.45, 7) is 15.0. The average molecular weight is 436 g/mol. The number of oxazole rings is 1. The molecular formula is C17H33IN4O. The number of aromatic nitrogens is 1. The van der Waals surface area contributed by atoms with E-state index >= 15 is 0 Å². The Morgan fingerprint density at radius 3 is 2.39 bits per heavy atom. The van der Waals surface area contributed by atoms with Crippen LogP contribution in [0, 0.1) is 19.3 Å². The molecular weight excluding hydrogens is 403 g/mol. The maximum Gasteiger partial charge on any atom is 0.216 e. The van der Waals surface area contributed by atoms with Gasteiger partial charge in [-0.3, -0.25) is 0 Å². The number of unbranched alkanes of at least 4 members (excludes halogenated alkanes) is 1. The molecule has 0 fully saturated rings. The smallest absolute Gasteiger partial charge is 0.216 e. The van der Waals surface area contributed by atoms with Gasteiger partial charge in [0.2, 0.25) is 5.89 Å². The van der Waals surface area contributed by atoms with E-state index in [0.717, 1.165) is 36.9 Å². The summed E-state index contributed by atoms with van der Waals surface area (Å²) in [6.07, 6.45) is 3.63. The molecule has 5 nitrogen and oxygen atoms in total. The predicted octanol–water partition coefficient (Wildman–Crippen LogP) is 4.18. The zero-order chi connectivity index (χ0) is 16.6. The Hall–Kier alpha value is -0.790. The average Bonchev–Trinajstić information content (AvgIpc) is 2.73. The van der Waals surface area contributed by atoms with Crippen molar-refractivity contribution in [3.63, 3.8) is 0 Å². The van der Waals surface area contributed by atoms with Crippen molar-refractivity contribution >= 4 is 29.9 Å². The normalized spacial score (nSPS) is 12.0. The summed E-state index contributed by atoms with van der Waals surface area (Å²) in [4.78, 5) is 8.87. The minimum atomic E-state index is 0. The van der Waals surface area contributed by atoms with Gasteiger partial charge in [-0.15, -0.1) is 24.0 Å². The monoisotopic (exact) mass is 436 g/mol. The number of nitrogens with one attached hydrogen (secondary N) is 2. The van der Waals surface area contributed by atoms with E-state index in [1.165, 1.54) is 12.8 Å². The van der Waals surface area contributed by atoms with Crippen molar-refractivity contribution in [2.45, 2.75) is 67.3 Å². The summed E-state index contributed by atoms with van der Waals surface area (Å²) in [5.74, 6) is 2.36. The largest absolute Gasteiger partial charge is 0.444 e. The topological polar surface area (TPSA) is 62.5 Å². The van der Waals surface area contributed by atoms with Gasteiger partial charge in [-0.2, -0.15) is 0 Å². The van der Waals surface area contributed by atoms with E-state index in [4.69, 9.17) is 4.42 Å². The summed E-state index contributed by atoms with van der Waals surface area (Å²) < 4.78 is 5.55. The van der Waals surface area contributed by atoms with Crippen molar-refractivity contribution < 1.29 is 4.42 Å². The fourth-order valence-corrected chi connectivity index (χ4v) is 2.08. The van der Waals surface area contributed by atoms with Gasteiger partial charge in [0.25, 0.3) is 0 Å². The van der Waals surface area contributed by atoms with Gasteiger partial charge in [0, 0.05) is 13.1 Å². The van der Waals surface area contributed by atoms with Crippen LogP contribution < -0.4 is 10.6 Å². The first-order valence-electron chi connectivity index (χ1n) is 8.27. The van der Waals surface area contributed by atoms with Crippen LogP contribution in [0.4, 0.5) is 0 Å². The van der Waals surface area contributed by atoms with Gasteiger partial charge in [-0.05, 0) is 39.0 Å². The van der Waals surface area contributed by atoms with E-state index in [0.29, 0.717) is 17.9 Å². The first-order chi connectivity index (χ1) is 10.3. The molecule has 1 aromatic heterocycles. The Balaban J connectivity index is 0.00000484. The van der Waals surface area contributed by atoms with Crippen LogP contribution in [-0.4, -0.2) is 24.0 Å². The number of guanidine groups is 1. The van der Waals surface area contributed by atoms with Crippen LogP contribution >= 0.6 is 24.0 Å².